The van der Waals surface area contributed by atoms with Crippen molar-refractivity contribution in [3.8, 4) is 12.3 Å². The Labute approximate surface area is 124 Å². The van der Waals surface area contributed by atoms with E-state index in [1.165, 1.54) is 0 Å². The minimum absolute atomic E-state index is 0.185. The van der Waals surface area contributed by atoms with Crippen molar-refractivity contribution in [2.75, 3.05) is 5.75 Å². The molecule has 0 rings (SSSR count). The van der Waals surface area contributed by atoms with Crippen LogP contribution in [0.5, 0.6) is 0 Å². The number of hydrogen-bond acceptors (Lipinski definition) is 4. The molecule has 1 unspecified atom stereocenters. The molecule has 0 aliphatic heterocycles. The van der Waals surface area contributed by atoms with Gasteiger partial charge in [-0.3, -0.25) is 4.79 Å². The Hall–Kier alpha value is -1.30. The minimum Gasteiger partial charge on any atom is -0.366 e. The molecule has 122 valence electrons. The Balaban J connectivity index is 0. The normalized spacial score (nSPS) is 13.5. The molecule has 0 aliphatic carbocycles. The summed E-state index contributed by atoms with van der Waals surface area (Å²) in [5, 5.41) is -2.43. The number of halogens is 4. The van der Waals surface area contributed by atoms with Crippen LogP contribution in [-0.4, -0.2) is 22.8 Å². The Morgan fingerprint density at radius 2 is 1.67 bits per heavy atom. The third-order valence-corrected chi connectivity index (χ3v) is 3.67. The van der Waals surface area contributed by atoms with Crippen LogP contribution in [0.4, 0.5) is 17.6 Å². The van der Waals surface area contributed by atoms with E-state index in [1.54, 1.807) is 0 Å². The first-order valence-corrected chi connectivity index (χ1v) is 6.99. The summed E-state index contributed by atoms with van der Waals surface area (Å²) in [7, 11) is 0. The second-order valence-electron chi connectivity index (χ2n) is 4.07. The number of carbonyl (C=O) groups excluding carboxylic acids is 1. The molecule has 0 saturated heterocycles. The number of nitrogens with two attached hydrogens (primary N) is 1. The van der Waals surface area contributed by atoms with Gasteiger partial charge in [-0.2, -0.15) is 13.2 Å². The molecule has 1 atom stereocenters. The fourth-order valence-electron chi connectivity index (χ4n) is 1.35. The first kappa shape index (κ1) is 22.0. The summed E-state index contributed by atoms with van der Waals surface area (Å²) in [5.74, 6) is 0.678. The van der Waals surface area contributed by atoms with Crippen LogP contribution in [-0.2, 0) is 4.79 Å². The van der Waals surface area contributed by atoms with Crippen LogP contribution in [0.3, 0.4) is 0 Å². The van der Waals surface area contributed by atoms with E-state index in [0.717, 1.165) is 0 Å². The van der Waals surface area contributed by atoms with E-state index in [1.807, 2.05) is 0 Å². The Morgan fingerprint density at radius 3 is 2.10 bits per heavy atom. The monoisotopic (exact) mass is 331 g/mol. The van der Waals surface area contributed by atoms with Crippen LogP contribution in [0.25, 0.3) is 0 Å². The van der Waals surface area contributed by atoms with Crippen molar-refractivity contribution in [1.29, 1.82) is 0 Å². The number of alkyl halides is 4. The van der Waals surface area contributed by atoms with Crippen molar-refractivity contribution in [3.63, 3.8) is 0 Å². The highest BCUT2D eigenvalue weighted by Crippen LogP contribution is 2.35. The number of hydrogen-bond donors (Lipinski definition) is 1. The van der Waals surface area contributed by atoms with Gasteiger partial charge in [0.2, 0.25) is 5.00 Å². The first-order chi connectivity index (χ1) is 9.71. The number of rotatable bonds is 9. The molecular formula is C12H17F4NO3S. The molecule has 0 aromatic rings. The number of thioether (sulfide) groups is 1. The second-order valence-corrected chi connectivity index (χ2v) is 5.42. The van der Waals surface area contributed by atoms with E-state index in [-0.39, 0.29) is 6.42 Å². The van der Waals surface area contributed by atoms with E-state index < -0.39 is 29.3 Å². The fraction of sp³-hybridized carbons (Fsp3) is 0.750. The van der Waals surface area contributed by atoms with Crippen LogP contribution in [0.15, 0.2) is 0 Å². The molecule has 0 radical (unpaired) electrons. The smallest absolute Gasteiger partial charge is 0.366 e. The predicted octanol–water partition coefficient (Wildman–Crippen LogP) is 3.47. The zero-order valence-electron chi connectivity index (χ0n) is 11.2. The van der Waals surface area contributed by atoms with Crippen LogP contribution >= 0.6 is 11.8 Å². The van der Waals surface area contributed by atoms with Gasteiger partial charge in [-0.25, -0.2) is 4.39 Å². The predicted molar refractivity (Wildman–Crippen MR) is 74.8 cm³/mol. The molecule has 0 bridgehead atoms. The number of unbranched alkanes of at least 4 members (excludes halogenated alkanes) is 3. The van der Waals surface area contributed by atoms with E-state index >= 15 is 0 Å². The maximum Gasteiger partial charge on any atom is 0.389 e. The summed E-state index contributed by atoms with van der Waals surface area (Å²) < 4.78 is 49.9. The molecule has 0 aromatic heterocycles. The summed E-state index contributed by atoms with van der Waals surface area (Å²) in [6.07, 6.45) is 1.57. The highest BCUT2D eigenvalue weighted by Gasteiger charge is 2.38. The summed E-state index contributed by atoms with van der Waals surface area (Å²) in [6, 6.07) is 0. The largest absolute Gasteiger partial charge is 0.389 e. The average molecular weight is 331 g/mol. The van der Waals surface area contributed by atoms with Gasteiger partial charge in [-0.1, -0.05) is 6.42 Å². The Morgan fingerprint density at radius 1 is 1.10 bits per heavy atom. The fourth-order valence-corrected chi connectivity index (χ4v) is 2.44. The summed E-state index contributed by atoms with van der Waals surface area (Å²) in [6.45, 7) is 0. The quantitative estimate of drug-likeness (QED) is 0.399. The van der Waals surface area contributed by atoms with Crippen molar-refractivity contribution in [1.82, 2.24) is 0 Å². The van der Waals surface area contributed by atoms with Crippen molar-refractivity contribution in [2.45, 2.75) is 49.7 Å². The van der Waals surface area contributed by atoms with Crippen molar-refractivity contribution in [2.24, 2.45) is 5.73 Å². The van der Waals surface area contributed by atoms with E-state index in [9.17, 15) is 22.4 Å². The number of terminal acetylenes is 1. The molecule has 2 N–H and O–H groups in total. The molecule has 21 heavy (non-hydrogen) atoms. The van der Waals surface area contributed by atoms with Gasteiger partial charge in [0.25, 0.3) is 5.91 Å². The van der Waals surface area contributed by atoms with Crippen molar-refractivity contribution in [3.05, 3.63) is 9.93 Å². The van der Waals surface area contributed by atoms with E-state index in [4.69, 9.17) is 22.1 Å². The van der Waals surface area contributed by atoms with Crippen molar-refractivity contribution >= 4 is 17.7 Å². The van der Waals surface area contributed by atoms with Gasteiger partial charge >= 0.3 is 6.18 Å². The molecule has 0 saturated carbocycles. The van der Waals surface area contributed by atoms with Gasteiger partial charge in [-0.15, -0.1) is 24.1 Å². The minimum atomic E-state index is -4.36. The van der Waals surface area contributed by atoms with Gasteiger partial charge in [-0.05, 0) is 12.8 Å². The van der Waals surface area contributed by atoms with Gasteiger partial charge in [0, 0.05) is 28.5 Å². The van der Waals surface area contributed by atoms with Crippen LogP contribution in [0.2, 0.25) is 0 Å². The molecule has 0 fully saturated rings. The Bertz CT molecular complexity index is 346. The highest BCUT2D eigenvalue weighted by molar-refractivity contribution is 8.01. The van der Waals surface area contributed by atoms with E-state index in [0.29, 0.717) is 37.4 Å². The maximum absolute atomic E-state index is 14.1. The highest BCUT2D eigenvalue weighted by atomic mass is 32.2. The Kier molecular flexibility index (Phi) is 11.9. The van der Waals surface area contributed by atoms with Crippen molar-refractivity contribution < 1.29 is 22.4 Å². The van der Waals surface area contributed by atoms with Crippen LogP contribution in [0.1, 0.15) is 38.5 Å². The van der Waals surface area contributed by atoms with Gasteiger partial charge in [0.15, 0.2) is 0 Å². The molecule has 4 nitrogen and oxygen atoms in total. The van der Waals surface area contributed by atoms with Crippen LogP contribution in [0, 0.1) is 22.3 Å². The molecule has 0 aromatic carbocycles. The lowest BCUT2D eigenvalue weighted by molar-refractivity contribution is -0.130. The maximum atomic E-state index is 14.1. The van der Waals surface area contributed by atoms with E-state index in [2.05, 4.69) is 5.92 Å². The zero-order valence-corrected chi connectivity index (χ0v) is 12.1. The molecule has 9 heteroatoms. The topological polar surface area (TPSA) is 77.2 Å². The first-order valence-electron chi connectivity index (χ1n) is 6.01. The zero-order chi connectivity index (χ0) is 16.9. The third-order valence-electron chi connectivity index (χ3n) is 2.40. The molecule has 0 heterocycles. The van der Waals surface area contributed by atoms with Gasteiger partial charge in [0.1, 0.15) is 0 Å². The van der Waals surface area contributed by atoms with Crippen LogP contribution < -0.4 is 5.73 Å². The standard InChI is InChI=1S/C12H17F4NOS.O2/c1-2-3-4-5-6-7-11(13,10(17)18)19-9-8-12(14,15)16;1-2/h1H,3-9H2,(H2,17,18);. The SMILES string of the molecule is C#CCCCCCC(F)(SCCC(F)(F)F)C(N)=O.O=O. The lowest BCUT2D eigenvalue weighted by Gasteiger charge is -2.21. The lowest BCUT2D eigenvalue weighted by atomic mass is 10.1. The average Bonchev–Trinajstić information content (AvgIpc) is 2.39. The number of carbonyl (C=O) groups is 1. The second kappa shape index (κ2) is 11.4. The third kappa shape index (κ3) is 12.2. The number of amides is 1. The number of primary amides is 1. The molecule has 0 aliphatic rings. The molecular weight excluding hydrogens is 314 g/mol. The summed E-state index contributed by atoms with van der Waals surface area (Å²) in [4.78, 5) is 25.0. The summed E-state index contributed by atoms with van der Waals surface area (Å²) >= 11 is 0.321. The lowest BCUT2D eigenvalue weighted by Crippen LogP contribution is -2.37. The molecule has 0 spiro atoms. The van der Waals surface area contributed by atoms with Gasteiger partial charge in [0.05, 0.1) is 6.42 Å². The van der Waals surface area contributed by atoms with Gasteiger partial charge < -0.3 is 5.73 Å². The molecule has 1 amide bonds. The summed E-state index contributed by atoms with van der Waals surface area (Å²) in [5.41, 5.74) is 4.91.